The lowest BCUT2D eigenvalue weighted by Crippen LogP contribution is -2.49. The second-order valence-electron chi connectivity index (χ2n) is 9.87. The van der Waals surface area contributed by atoms with Crippen molar-refractivity contribution in [3.8, 4) is 0 Å². The number of pyridine rings is 1. The lowest BCUT2D eigenvalue weighted by Gasteiger charge is -2.33. The van der Waals surface area contributed by atoms with E-state index in [-0.39, 0.29) is 12.0 Å². The number of piperazine rings is 1. The van der Waals surface area contributed by atoms with Crippen molar-refractivity contribution in [2.24, 2.45) is 0 Å². The molecule has 1 N–H and O–H groups in total. The molecular formula is C28H31FN4O4. The van der Waals surface area contributed by atoms with E-state index < -0.39 is 11.4 Å². The van der Waals surface area contributed by atoms with Gasteiger partial charge in [0.1, 0.15) is 17.2 Å². The maximum atomic E-state index is 13.6. The lowest BCUT2D eigenvalue weighted by atomic mass is 9.93. The average Bonchev–Trinajstić information content (AvgIpc) is 3.37. The lowest BCUT2D eigenvalue weighted by molar-refractivity contribution is -0.111. The van der Waals surface area contributed by atoms with Gasteiger partial charge in [-0.3, -0.25) is 14.7 Å². The molecule has 1 fully saturated rings. The van der Waals surface area contributed by atoms with Crippen LogP contribution in [-0.4, -0.2) is 71.7 Å². The topological polar surface area (TPSA) is 84.0 Å². The molecule has 37 heavy (non-hydrogen) atoms. The van der Waals surface area contributed by atoms with Gasteiger partial charge in [-0.1, -0.05) is 6.07 Å². The van der Waals surface area contributed by atoms with Crippen molar-refractivity contribution in [3.05, 3.63) is 71.0 Å². The summed E-state index contributed by atoms with van der Waals surface area (Å²) in [4.78, 5) is 33.3. The van der Waals surface area contributed by atoms with E-state index in [1.54, 1.807) is 11.0 Å². The second-order valence-corrected chi connectivity index (χ2v) is 9.87. The highest BCUT2D eigenvalue weighted by Gasteiger charge is 2.38. The van der Waals surface area contributed by atoms with Crippen molar-refractivity contribution >= 4 is 28.8 Å². The third kappa shape index (κ3) is 5.09. The number of halogens is 1. The van der Waals surface area contributed by atoms with Crippen LogP contribution >= 0.6 is 0 Å². The molecule has 0 radical (unpaired) electrons. The van der Waals surface area contributed by atoms with Crippen LogP contribution in [0.25, 0.3) is 11.1 Å². The summed E-state index contributed by atoms with van der Waals surface area (Å²) in [6.07, 6.45) is 4.29. The molecule has 0 saturated carbocycles. The minimum Gasteiger partial charge on any atom is -0.482 e. The number of amides is 2. The van der Waals surface area contributed by atoms with Gasteiger partial charge in [-0.15, -0.1) is 0 Å². The van der Waals surface area contributed by atoms with Gasteiger partial charge in [-0.2, -0.15) is 0 Å². The van der Waals surface area contributed by atoms with Gasteiger partial charge in [0.15, 0.2) is 0 Å². The Morgan fingerprint density at radius 1 is 1.19 bits per heavy atom. The molecule has 0 atom stereocenters. The van der Waals surface area contributed by atoms with E-state index in [1.165, 1.54) is 12.1 Å². The summed E-state index contributed by atoms with van der Waals surface area (Å²) in [7, 11) is 0. The molecule has 194 valence electrons. The predicted octanol–water partition coefficient (Wildman–Crippen LogP) is 4.09. The number of anilines is 1. The van der Waals surface area contributed by atoms with Crippen LogP contribution in [0.3, 0.4) is 0 Å². The highest BCUT2D eigenvalue weighted by molar-refractivity contribution is 6.32. The van der Waals surface area contributed by atoms with E-state index in [1.807, 2.05) is 45.2 Å². The van der Waals surface area contributed by atoms with Crippen LogP contribution in [0.4, 0.5) is 14.9 Å². The molecule has 1 aromatic heterocycles. The van der Waals surface area contributed by atoms with Crippen molar-refractivity contribution in [2.75, 3.05) is 44.6 Å². The zero-order valence-corrected chi connectivity index (χ0v) is 21.3. The number of carbonyl (C=O) groups excluding carboxylic acids is 2. The minimum absolute atomic E-state index is 0.238. The average molecular weight is 507 g/mol. The molecule has 0 aliphatic carbocycles. The first kappa shape index (κ1) is 25.0. The molecule has 2 amide bonds. The molecule has 1 aromatic carbocycles. The Labute approximate surface area is 215 Å². The van der Waals surface area contributed by atoms with Crippen LogP contribution in [0.1, 0.15) is 37.6 Å². The number of aromatic nitrogens is 1. The number of ether oxygens (including phenoxy) is 2. The molecule has 8 nitrogen and oxygen atoms in total. The minimum atomic E-state index is -0.660. The Balaban J connectivity index is 1.26. The zero-order valence-electron chi connectivity index (χ0n) is 21.3. The Morgan fingerprint density at radius 3 is 2.68 bits per heavy atom. The van der Waals surface area contributed by atoms with Gasteiger partial charge < -0.3 is 19.7 Å². The largest absolute Gasteiger partial charge is 0.482 e. The number of hydrogen-bond donors (Lipinski definition) is 1. The normalized spacial score (nSPS) is 20.8. The summed E-state index contributed by atoms with van der Waals surface area (Å²) in [5, 5.41) is 2.72. The van der Waals surface area contributed by atoms with Crippen molar-refractivity contribution in [1.29, 1.82) is 0 Å². The quantitative estimate of drug-likeness (QED) is 0.615. The molecule has 9 heteroatoms. The Bertz CT molecular complexity index is 1280. The van der Waals surface area contributed by atoms with Gasteiger partial charge in [-0.05, 0) is 51.1 Å². The predicted molar refractivity (Wildman–Crippen MR) is 138 cm³/mol. The van der Waals surface area contributed by atoms with Crippen molar-refractivity contribution in [1.82, 2.24) is 14.8 Å². The maximum absolute atomic E-state index is 13.6. The van der Waals surface area contributed by atoms with Crippen molar-refractivity contribution < 1.29 is 23.5 Å². The van der Waals surface area contributed by atoms with Crippen LogP contribution < -0.4 is 5.32 Å². The van der Waals surface area contributed by atoms with Crippen LogP contribution in [0.5, 0.6) is 0 Å². The molecule has 4 heterocycles. The molecule has 1 saturated heterocycles. The van der Waals surface area contributed by atoms with Gasteiger partial charge in [0, 0.05) is 67.7 Å². The number of nitrogens with one attached hydrogen (secondary N) is 1. The monoisotopic (exact) mass is 506 g/mol. The third-order valence-corrected chi connectivity index (χ3v) is 6.98. The molecular weight excluding hydrogens is 475 g/mol. The number of carbonyl (C=O) groups is 2. The first-order valence-electron chi connectivity index (χ1n) is 12.6. The Kier molecular flexibility index (Phi) is 6.72. The first-order valence-corrected chi connectivity index (χ1v) is 12.6. The fourth-order valence-electron chi connectivity index (χ4n) is 4.98. The van der Waals surface area contributed by atoms with E-state index in [2.05, 4.69) is 15.2 Å². The standard InChI is InChI=1S/C28H31FN4O4/c1-4-36-27(35)33-13-11-32(12-14-33)10-9-20-7-5-18(17-30-20)22-16-24(37-28(22,2)3)25-21-8-6-19(29)15-23(21)31-26(25)34/h5-8,15-17H,4,9-14H2,1-3H3,(H,31,34)/b25-24+. The number of rotatable bonds is 5. The number of hydrogen-bond acceptors (Lipinski definition) is 6. The van der Waals surface area contributed by atoms with Crippen LogP contribution in [-0.2, 0) is 20.7 Å². The molecule has 0 unspecified atom stereocenters. The van der Waals surface area contributed by atoms with E-state index >= 15 is 0 Å². The molecule has 0 bridgehead atoms. The Hall–Kier alpha value is -3.72. The second kappa shape index (κ2) is 9.97. The van der Waals surface area contributed by atoms with Gasteiger partial charge in [-0.25, -0.2) is 9.18 Å². The SMILES string of the molecule is CCOC(=O)N1CCN(CCc2ccc(C3=C/C(=C4\C(=O)Nc5cc(F)ccc54)OC3(C)C)cn2)CC1. The van der Waals surface area contributed by atoms with Gasteiger partial charge in [0.2, 0.25) is 0 Å². The maximum Gasteiger partial charge on any atom is 0.409 e. The zero-order chi connectivity index (χ0) is 26.2. The third-order valence-electron chi connectivity index (χ3n) is 6.98. The summed E-state index contributed by atoms with van der Waals surface area (Å²) < 4.78 is 24.9. The van der Waals surface area contributed by atoms with E-state index in [4.69, 9.17) is 9.47 Å². The van der Waals surface area contributed by atoms with E-state index in [9.17, 15) is 14.0 Å². The summed E-state index contributed by atoms with van der Waals surface area (Å²) in [5.74, 6) is -0.242. The van der Waals surface area contributed by atoms with E-state index in [0.717, 1.165) is 42.9 Å². The van der Waals surface area contributed by atoms with Crippen LogP contribution in [0.15, 0.2) is 48.4 Å². The number of fused-ring (bicyclic) bond motifs is 1. The van der Waals surface area contributed by atoms with Gasteiger partial charge in [0.25, 0.3) is 5.91 Å². The first-order chi connectivity index (χ1) is 17.7. The molecule has 2 aromatic rings. The highest BCUT2D eigenvalue weighted by Crippen LogP contribution is 2.44. The fourth-order valence-corrected chi connectivity index (χ4v) is 4.98. The van der Waals surface area contributed by atoms with E-state index in [0.29, 0.717) is 42.3 Å². The van der Waals surface area contributed by atoms with Gasteiger partial charge >= 0.3 is 6.09 Å². The number of allylic oxidation sites excluding steroid dienone is 1. The molecule has 0 spiro atoms. The number of benzene rings is 1. The summed E-state index contributed by atoms with van der Waals surface area (Å²) in [6.45, 7) is 9.95. The van der Waals surface area contributed by atoms with Gasteiger partial charge in [0.05, 0.1) is 17.9 Å². The summed E-state index contributed by atoms with van der Waals surface area (Å²) in [6, 6.07) is 8.30. The molecule has 3 aliphatic rings. The number of nitrogens with zero attached hydrogens (tertiary/aromatic N) is 3. The fraction of sp³-hybridized carbons (Fsp3) is 0.393. The molecule has 3 aliphatic heterocycles. The summed E-state index contributed by atoms with van der Waals surface area (Å²) in [5.41, 5.74) is 3.66. The molecule has 5 rings (SSSR count). The van der Waals surface area contributed by atoms with Crippen molar-refractivity contribution in [2.45, 2.75) is 32.8 Å². The van der Waals surface area contributed by atoms with Crippen LogP contribution in [0, 0.1) is 5.82 Å². The van der Waals surface area contributed by atoms with Crippen molar-refractivity contribution in [3.63, 3.8) is 0 Å². The van der Waals surface area contributed by atoms with Crippen LogP contribution in [0.2, 0.25) is 0 Å². The Morgan fingerprint density at radius 2 is 1.97 bits per heavy atom. The highest BCUT2D eigenvalue weighted by atomic mass is 19.1. The summed E-state index contributed by atoms with van der Waals surface area (Å²) >= 11 is 0. The smallest absolute Gasteiger partial charge is 0.409 e.